The van der Waals surface area contributed by atoms with E-state index in [9.17, 15) is 0 Å². The van der Waals surface area contributed by atoms with Crippen molar-refractivity contribution < 1.29 is 4.74 Å². The first-order valence-electron chi connectivity index (χ1n) is 6.73. The van der Waals surface area contributed by atoms with E-state index in [2.05, 4.69) is 66.8 Å². The molecule has 0 amide bonds. The van der Waals surface area contributed by atoms with Crippen molar-refractivity contribution in [1.29, 1.82) is 0 Å². The maximum Gasteiger partial charge on any atom is 0.0713 e. The zero-order chi connectivity index (χ0) is 13.5. The smallest absolute Gasteiger partial charge is 0.0713 e. The molecule has 0 saturated carbocycles. The van der Waals surface area contributed by atoms with E-state index in [1.807, 2.05) is 0 Å². The summed E-state index contributed by atoms with van der Waals surface area (Å²) < 4.78 is 5.17. The molecule has 2 aromatic rings. The van der Waals surface area contributed by atoms with Gasteiger partial charge in [0.05, 0.1) is 12.6 Å². The molecular formula is C17H21NO. The summed E-state index contributed by atoms with van der Waals surface area (Å²) in [4.78, 5) is 0. The molecule has 2 heteroatoms. The molecule has 0 saturated heterocycles. The van der Waals surface area contributed by atoms with Crippen molar-refractivity contribution >= 4 is 5.69 Å². The molecular weight excluding hydrogens is 234 g/mol. The zero-order valence-electron chi connectivity index (χ0n) is 11.6. The second kappa shape index (κ2) is 6.95. The van der Waals surface area contributed by atoms with Crippen molar-refractivity contribution in [2.45, 2.75) is 26.0 Å². The lowest BCUT2D eigenvalue weighted by Crippen LogP contribution is -2.09. The zero-order valence-corrected chi connectivity index (χ0v) is 11.6. The molecule has 0 fully saturated rings. The van der Waals surface area contributed by atoms with Gasteiger partial charge in [0.1, 0.15) is 0 Å². The van der Waals surface area contributed by atoms with E-state index in [1.54, 1.807) is 7.11 Å². The van der Waals surface area contributed by atoms with Crippen LogP contribution in [0.25, 0.3) is 0 Å². The molecule has 1 N–H and O–H groups in total. The highest BCUT2D eigenvalue weighted by Gasteiger charge is 2.08. The van der Waals surface area contributed by atoms with Crippen LogP contribution in [-0.2, 0) is 11.3 Å². The van der Waals surface area contributed by atoms with Crippen molar-refractivity contribution in [3.63, 3.8) is 0 Å². The van der Waals surface area contributed by atoms with Crippen LogP contribution in [-0.4, -0.2) is 7.11 Å². The topological polar surface area (TPSA) is 21.3 Å². The maximum absolute atomic E-state index is 5.17. The Morgan fingerprint density at radius 3 is 2.53 bits per heavy atom. The van der Waals surface area contributed by atoms with E-state index in [0.29, 0.717) is 12.6 Å². The first-order valence-corrected chi connectivity index (χ1v) is 6.73. The summed E-state index contributed by atoms with van der Waals surface area (Å²) in [7, 11) is 1.72. The third-order valence-corrected chi connectivity index (χ3v) is 3.19. The first kappa shape index (κ1) is 13.6. The Labute approximate surface area is 115 Å². The highest BCUT2D eigenvalue weighted by Crippen LogP contribution is 2.23. The number of hydrogen-bond donors (Lipinski definition) is 1. The molecule has 0 heterocycles. The van der Waals surface area contributed by atoms with Crippen LogP contribution in [0, 0.1) is 0 Å². The Morgan fingerprint density at radius 1 is 1.05 bits per heavy atom. The highest BCUT2D eigenvalue weighted by molar-refractivity contribution is 5.47. The maximum atomic E-state index is 5.17. The quantitative estimate of drug-likeness (QED) is 0.826. The van der Waals surface area contributed by atoms with Crippen LogP contribution in [0.2, 0.25) is 0 Å². The molecule has 2 aromatic carbocycles. The Kier molecular flexibility index (Phi) is 4.99. The number of methoxy groups -OCH3 is 1. The summed E-state index contributed by atoms with van der Waals surface area (Å²) in [6.07, 6.45) is 1.05. The summed E-state index contributed by atoms with van der Waals surface area (Å²) in [6, 6.07) is 19.3. The van der Waals surface area contributed by atoms with E-state index in [0.717, 1.165) is 12.1 Å². The van der Waals surface area contributed by atoms with Crippen molar-refractivity contribution in [3.05, 3.63) is 65.7 Å². The summed E-state index contributed by atoms with van der Waals surface area (Å²) in [6.45, 7) is 2.85. The minimum absolute atomic E-state index is 0.346. The van der Waals surface area contributed by atoms with Crippen LogP contribution in [0.4, 0.5) is 5.69 Å². The molecule has 0 spiro atoms. The molecule has 0 aromatic heterocycles. The van der Waals surface area contributed by atoms with E-state index in [-0.39, 0.29) is 0 Å². The lowest BCUT2D eigenvalue weighted by atomic mass is 10.0. The van der Waals surface area contributed by atoms with Gasteiger partial charge in [-0.2, -0.15) is 0 Å². The van der Waals surface area contributed by atoms with Crippen molar-refractivity contribution in [1.82, 2.24) is 0 Å². The monoisotopic (exact) mass is 255 g/mol. The van der Waals surface area contributed by atoms with Crippen LogP contribution in [0.15, 0.2) is 54.6 Å². The molecule has 0 aliphatic heterocycles. The molecule has 1 atom stereocenters. The van der Waals surface area contributed by atoms with Gasteiger partial charge in [0.15, 0.2) is 0 Å². The third kappa shape index (κ3) is 3.83. The van der Waals surface area contributed by atoms with Crippen LogP contribution >= 0.6 is 0 Å². The number of anilines is 1. The van der Waals surface area contributed by atoms with E-state index >= 15 is 0 Å². The Balaban J connectivity index is 2.12. The van der Waals surface area contributed by atoms with E-state index in [4.69, 9.17) is 4.74 Å². The fourth-order valence-electron chi connectivity index (χ4n) is 2.23. The normalized spacial score (nSPS) is 12.1. The summed E-state index contributed by atoms with van der Waals surface area (Å²) >= 11 is 0. The van der Waals surface area contributed by atoms with Gasteiger partial charge in [-0.1, -0.05) is 49.4 Å². The number of ether oxygens (including phenoxy) is 1. The fourth-order valence-corrected chi connectivity index (χ4v) is 2.23. The molecule has 2 rings (SSSR count). The summed E-state index contributed by atoms with van der Waals surface area (Å²) in [5.74, 6) is 0. The van der Waals surface area contributed by atoms with Crippen LogP contribution in [0.3, 0.4) is 0 Å². The minimum atomic E-state index is 0.346. The minimum Gasteiger partial charge on any atom is -0.380 e. The summed E-state index contributed by atoms with van der Waals surface area (Å²) in [5, 5.41) is 3.59. The number of nitrogens with one attached hydrogen (secondary N) is 1. The van der Waals surface area contributed by atoms with E-state index < -0.39 is 0 Å². The Hall–Kier alpha value is -1.80. The Bertz CT molecular complexity index is 496. The molecule has 19 heavy (non-hydrogen) atoms. The molecule has 2 nitrogen and oxygen atoms in total. The van der Waals surface area contributed by atoms with Gasteiger partial charge >= 0.3 is 0 Å². The first-order chi connectivity index (χ1) is 9.33. The van der Waals surface area contributed by atoms with Gasteiger partial charge in [-0.3, -0.25) is 0 Å². The SMILES string of the molecule is CCC(Nc1cccc(COC)c1)c1ccccc1. The van der Waals surface area contributed by atoms with Crippen molar-refractivity contribution in [2.24, 2.45) is 0 Å². The van der Waals surface area contributed by atoms with Gasteiger partial charge in [-0.05, 0) is 29.7 Å². The highest BCUT2D eigenvalue weighted by atomic mass is 16.5. The van der Waals surface area contributed by atoms with Crippen LogP contribution in [0.1, 0.15) is 30.5 Å². The molecule has 0 radical (unpaired) electrons. The summed E-state index contributed by atoms with van der Waals surface area (Å²) in [5.41, 5.74) is 3.66. The molecule has 0 aliphatic rings. The number of rotatable bonds is 6. The largest absolute Gasteiger partial charge is 0.380 e. The standard InChI is InChI=1S/C17H21NO/c1-3-17(15-9-5-4-6-10-15)18-16-11-7-8-14(12-16)13-19-2/h4-12,17-18H,3,13H2,1-2H3. The second-order valence-corrected chi connectivity index (χ2v) is 4.65. The van der Waals surface area contributed by atoms with Crippen LogP contribution in [0.5, 0.6) is 0 Å². The lowest BCUT2D eigenvalue weighted by Gasteiger charge is -2.19. The fraction of sp³-hybridized carbons (Fsp3) is 0.294. The van der Waals surface area contributed by atoms with Gasteiger partial charge in [0.25, 0.3) is 0 Å². The van der Waals surface area contributed by atoms with Gasteiger partial charge in [-0.15, -0.1) is 0 Å². The second-order valence-electron chi connectivity index (χ2n) is 4.65. The predicted molar refractivity (Wildman–Crippen MR) is 80.3 cm³/mol. The van der Waals surface area contributed by atoms with Gasteiger partial charge < -0.3 is 10.1 Å². The number of hydrogen-bond acceptors (Lipinski definition) is 2. The molecule has 100 valence electrons. The average molecular weight is 255 g/mol. The van der Waals surface area contributed by atoms with Crippen LogP contribution < -0.4 is 5.32 Å². The van der Waals surface area contributed by atoms with Gasteiger partial charge in [0.2, 0.25) is 0 Å². The van der Waals surface area contributed by atoms with Crippen molar-refractivity contribution in [2.75, 3.05) is 12.4 Å². The molecule has 0 bridgehead atoms. The van der Waals surface area contributed by atoms with E-state index in [1.165, 1.54) is 11.1 Å². The van der Waals surface area contributed by atoms with Crippen molar-refractivity contribution in [3.8, 4) is 0 Å². The predicted octanol–water partition coefficient (Wildman–Crippen LogP) is 4.40. The third-order valence-electron chi connectivity index (χ3n) is 3.19. The van der Waals surface area contributed by atoms with Gasteiger partial charge in [0, 0.05) is 12.8 Å². The molecule has 1 unspecified atom stereocenters. The number of benzene rings is 2. The van der Waals surface area contributed by atoms with Gasteiger partial charge in [-0.25, -0.2) is 0 Å². The lowest BCUT2D eigenvalue weighted by molar-refractivity contribution is 0.185. The Morgan fingerprint density at radius 2 is 1.84 bits per heavy atom. The average Bonchev–Trinajstić information content (AvgIpc) is 2.46. The molecule has 0 aliphatic carbocycles.